The molecule has 1 aromatic rings. The van der Waals surface area contributed by atoms with E-state index in [4.69, 9.17) is 5.11 Å². The van der Waals surface area contributed by atoms with Crippen LogP contribution in [0.1, 0.15) is 44.5 Å². The van der Waals surface area contributed by atoms with Crippen LogP contribution in [-0.2, 0) is 0 Å². The molecule has 18 heavy (non-hydrogen) atoms. The van der Waals surface area contributed by atoms with Gasteiger partial charge in [0.1, 0.15) is 16.7 Å². The first kappa shape index (κ1) is 15.2. The van der Waals surface area contributed by atoms with Gasteiger partial charge in [-0.1, -0.05) is 20.8 Å². The third-order valence-electron chi connectivity index (χ3n) is 2.51. The third-order valence-corrected chi connectivity index (χ3v) is 3.56. The first-order valence-electron chi connectivity index (χ1n) is 6.46. The minimum Gasteiger partial charge on any atom is -0.396 e. The molecule has 0 aliphatic rings. The molecule has 5 heteroatoms. The zero-order chi connectivity index (χ0) is 13.5. The minimum atomic E-state index is 0.169. The molecule has 1 heterocycles. The highest BCUT2D eigenvalue weighted by molar-refractivity contribution is 7.99. The van der Waals surface area contributed by atoms with Crippen LogP contribution < -0.4 is 5.32 Å². The number of thioether (sulfide) groups is 1. The van der Waals surface area contributed by atoms with Crippen LogP contribution >= 0.6 is 11.8 Å². The Bertz CT molecular complexity index is 353. The summed E-state index contributed by atoms with van der Waals surface area (Å²) in [4.78, 5) is 9.16. The Morgan fingerprint density at radius 3 is 2.61 bits per heavy atom. The lowest BCUT2D eigenvalue weighted by atomic mass is 10.2. The minimum absolute atomic E-state index is 0.169. The van der Waals surface area contributed by atoms with Crippen LogP contribution in [0.2, 0.25) is 0 Å². The van der Waals surface area contributed by atoms with Crippen LogP contribution in [0.4, 0.5) is 5.82 Å². The van der Waals surface area contributed by atoms with Crippen LogP contribution in [0.5, 0.6) is 0 Å². The largest absolute Gasteiger partial charge is 0.396 e. The van der Waals surface area contributed by atoms with Gasteiger partial charge in [0, 0.05) is 23.8 Å². The lowest BCUT2D eigenvalue weighted by Gasteiger charge is -2.14. The molecule has 0 amide bonds. The highest BCUT2D eigenvalue weighted by Gasteiger charge is 2.13. The second-order valence-electron chi connectivity index (χ2n) is 4.51. The molecule has 102 valence electrons. The molecule has 0 bridgehead atoms. The van der Waals surface area contributed by atoms with E-state index in [0.717, 1.165) is 35.2 Å². The molecule has 4 nitrogen and oxygen atoms in total. The summed E-state index contributed by atoms with van der Waals surface area (Å²) in [5.74, 6) is 2.76. The van der Waals surface area contributed by atoms with Crippen molar-refractivity contribution in [2.24, 2.45) is 0 Å². The summed E-state index contributed by atoms with van der Waals surface area (Å²) < 4.78 is 0. The van der Waals surface area contributed by atoms with Gasteiger partial charge in [-0.3, -0.25) is 0 Å². The van der Waals surface area contributed by atoms with E-state index in [1.165, 1.54) is 0 Å². The summed E-state index contributed by atoms with van der Waals surface area (Å²) in [6.07, 6.45) is 1.07. The van der Waals surface area contributed by atoms with E-state index in [1.54, 1.807) is 11.8 Å². The number of aliphatic hydroxyl groups excluding tert-OH is 1. The molecule has 0 fully saturated rings. The van der Waals surface area contributed by atoms with Crippen molar-refractivity contribution >= 4 is 17.6 Å². The van der Waals surface area contributed by atoms with Crippen LogP contribution in [0.15, 0.2) is 5.03 Å². The Kier molecular flexibility index (Phi) is 6.43. The fraction of sp³-hybridized carbons (Fsp3) is 0.692. The van der Waals surface area contributed by atoms with Gasteiger partial charge < -0.3 is 10.4 Å². The smallest absolute Gasteiger partial charge is 0.134 e. The lowest BCUT2D eigenvalue weighted by Crippen LogP contribution is -2.10. The molecule has 0 aromatic carbocycles. The molecule has 0 saturated carbocycles. The lowest BCUT2D eigenvalue weighted by molar-refractivity contribution is 0.322. The maximum absolute atomic E-state index is 8.93. The molecular weight excluding hydrogens is 246 g/mol. The summed E-state index contributed by atoms with van der Waals surface area (Å²) in [5.41, 5.74) is 1.08. The molecule has 2 N–H and O–H groups in total. The number of nitrogens with zero attached hydrogens (tertiary/aromatic N) is 2. The van der Waals surface area contributed by atoms with Crippen LogP contribution in [0.3, 0.4) is 0 Å². The number of rotatable bonds is 7. The van der Waals surface area contributed by atoms with E-state index in [2.05, 4.69) is 36.1 Å². The van der Waals surface area contributed by atoms with E-state index in [9.17, 15) is 0 Å². The Morgan fingerprint density at radius 2 is 2.06 bits per heavy atom. The molecule has 0 atom stereocenters. The van der Waals surface area contributed by atoms with Crippen molar-refractivity contribution in [2.45, 2.75) is 45.1 Å². The fourth-order valence-corrected chi connectivity index (χ4v) is 2.23. The summed E-state index contributed by atoms with van der Waals surface area (Å²) in [5, 5.41) is 13.2. The Morgan fingerprint density at radius 1 is 1.33 bits per heavy atom. The molecular formula is C13H23N3OS. The molecule has 0 radical (unpaired) electrons. The summed E-state index contributed by atoms with van der Waals surface area (Å²) >= 11 is 1.59. The van der Waals surface area contributed by atoms with Gasteiger partial charge in [0.2, 0.25) is 0 Å². The van der Waals surface area contributed by atoms with Crippen molar-refractivity contribution in [3.05, 3.63) is 11.4 Å². The number of aromatic nitrogens is 2. The van der Waals surface area contributed by atoms with Crippen LogP contribution in [0.25, 0.3) is 0 Å². The average Bonchev–Trinajstić information content (AvgIpc) is 2.35. The van der Waals surface area contributed by atoms with Crippen molar-refractivity contribution in [2.75, 3.05) is 24.2 Å². The first-order valence-corrected chi connectivity index (χ1v) is 7.44. The van der Waals surface area contributed by atoms with E-state index in [1.807, 2.05) is 6.92 Å². The molecule has 1 aromatic heterocycles. The van der Waals surface area contributed by atoms with Gasteiger partial charge in [-0.2, -0.15) is 0 Å². The quantitative estimate of drug-likeness (QED) is 0.589. The van der Waals surface area contributed by atoms with E-state index >= 15 is 0 Å². The van der Waals surface area contributed by atoms with Crippen molar-refractivity contribution < 1.29 is 5.11 Å². The summed E-state index contributed by atoms with van der Waals surface area (Å²) in [6.45, 7) is 9.43. The normalized spacial score (nSPS) is 11.0. The maximum atomic E-state index is 8.93. The van der Waals surface area contributed by atoms with Gasteiger partial charge >= 0.3 is 0 Å². The zero-order valence-electron chi connectivity index (χ0n) is 11.7. The number of aliphatic hydroxyl groups is 1. The third kappa shape index (κ3) is 4.14. The molecule has 0 spiro atoms. The average molecular weight is 269 g/mol. The highest BCUT2D eigenvalue weighted by atomic mass is 32.2. The van der Waals surface area contributed by atoms with E-state index < -0.39 is 0 Å². The summed E-state index contributed by atoms with van der Waals surface area (Å²) in [7, 11) is 0. The Hall–Kier alpha value is -0.810. The zero-order valence-corrected chi connectivity index (χ0v) is 12.5. The Balaban J connectivity index is 3.03. The molecule has 0 saturated heterocycles. The predicted molar refractivity (Wildman–Crippen MR) is 77.4 cm³/mol. The first-order chi connectivity index (χ1) is 8.60. The van der Waals surface area contributed by atoms with Crippen LogP contribution in [0, 0.1) is 6.92 Å². The summed E-state index contributed by atoms with van der Waals surface area (Å²) in [6, 6.07) is 0. The van der Waals surface area contributed by atoms with Crippen LogP contribution in [-0.4, -0.2) is 34.0 Å². The molecule has 0 aliphatic heterocycles. The van der Waals surface area contributed by atoms with Gasteiger partial charge in [0.05, 0.1) is 6.61 Å². The van der Waals surface area contributed by atoms with Gasteiger partial charge in [-0.25, -0.2) is 9.97 Å². The van der Waals surface area contributed by atoms with Gasteiger partial charge in [0.25, 0.3) is 0 Å². The van der Waals surface area contributed by atoms with Gasteiger partial charge in [-0.05, 0) is 13.3 Å². The topological polar surface area (TPSA) is 58.0 Å². The molecule has 0 unspecified atom stereocenters. The number of hydrogen-bond donors (Lipinski definition) is 2. The molecule has 0 aliphatic carbocycles. The number of hydrogen-bond acceptors (Lipinski definition) is 5. The van der Waals surface area contributed by atoms with E-state index in [0.29, 0.717) is 11.7 Å². The predicted octanol–water partition coefficient (Wildman–Crippen LogP) is 2.81. The standard InChI is InChI=1S/C13H23N3OS/c1-5-6-14-12-10(4)13(18-8-7-17)16-11(15-12)9(2)3/h9,17H,5-8H2,1-4H3,(H,14,15,16). The second-order valence-corrected chi connectivity index (χ2v) is 5.60. The van der Waals surface area contributed by atoms with E-state index in [-0.39, 0.29) is 6.61 Å². The van der Waals surface area contributed by atoms with Gasteiger partial charge in [-0.15, -0.1) is 11.8 Å². The van der Waals surface area contributed by atoms with Crippen molar-refractivity contribution in [3.63, 3.8) is 0 Å². The molecule has 1 rings (SSSR count). The highest BCUT2D eigenvalue weighted by Crippen LogP contribution is 2.26. The van der Waals surface area contributed by atoms with Gasteiger partial charge in [0.15, 0.2) is 0 Å². The number of anilines is 1. The van der Waals surface area contributed by atoms with Crippen molar-refractivity contribution in [1.29, 1.82) is 0 Å². The monoisotopic (exact) mass is 269 g/mol. The fourth-order valence-electron chi connectivity index (χ4n) is 1.47. The SMILES string of the molecule is CCCNc1nc(C(C)C)nc(SCCO)c1C. The van der Waals surface area contributed by atoms with Crippen molar-refractivity contribution in [3.8, 4) is 0 Å². The Labute approximate surface area is 114 Å². The second kappa shape index (κ2) is 7.59. The number of nitrogens with one attached hydrogen (secondary N) is 1. The maximum Gasteiger partial charge on any atom is 0.134 e. The van der Waals surface area contributed by atoms with Crippen molar-refractivity contribution in [1.82, 2.24) is 9.97 Å².